The van der Waals surface area contributed by atoms with Crippen LogP contribution < -0.4 is 0 Å². The molecule has 0 N–H and O–H groups in total. The second kappa shape index (κ2) is 6.31. The van der Waals surface area contributed by atoms with Gasteiger partial charge in [-0.2, -0.15) is 0 Å². The largest absolute Gasteiger partial charge is 0.300 e. The van der Waals surface area contributed by atoms with Crippen molar-refractivity contribution in [2.24, 2.45) is 5.92 Å². The Bertz CT molecular complexity index is 576. The van der Waals surface area contributed by atoms with Crippen LogP contribution in [-0.2, 0) is 0 Å². The van der Waals surface area contributed by atoms with Gasteiger partial charge in [0.25, 0.3) is 0 Å². The molecule has 2 saturated heterocycles. The minimum atomic E-state index is 0.741. The van der Waals surface area contributed by atoms with Crippen molar-refractivity contribution in [3.63, 3.8) is 0 Å². The van der Waals surface area contributed by atoms with Crippen molar-refractivity contribution in [1.82, 2.24) is 4.90 Å². The van der Waals surface area contributed by atoms with Gasteiger partial charge in [-0.15, -0.1) is 22.7 Å². The van der Waals surface area contributed by atoms with Crippen LogP contribution >= 0.6 is 22.7 Å². The van der Waals surface area contributed by atoms with Crippen molar-refractivity contribution >= 4 is 28.2 Å². The number of hydrogen-bond donors (Lipinski definition) is 0. The van der Waals surface area contributed by atoms with E-state index in [1.165, 1.54) is 47.4 Å². The van der Waals surface area contributed by atoms with E-state index in [9.17, 15) is 0 Å². The van der Waals surface area contributed by atoms with E-state index < -0.39 is 0 Å². The zero-order valence-corrected chi connectivity index (χ0v) is 14.7. The first-order chi connectivity index (χ1) is 10.8. The van der Waals surface area contributed by atoms with Crippen LogP contribution in [0, 0.1) is 5.92 Å². The molecule has 0 radical (unpaired) electrons. The van der Waals surface area contributed by atoms with Crippen LogP contribution in [-0.4, -0.2) is 24.0 Å². The quantitative estimate of drug-likeness (QED) is 0.718. The molecule has 2 aliphatic rings. The Labute approximate surface area is 141 Å². The average Bonchev–Trinajstić information content (AvgIpc) is 3.19. The number of allylic oxidation sites excluding steroid dienone is 1. The summed E-state index contributed by atoms with van der Waals surface area (Å²) in [7, 11) is 2.34. The normalized spacial score (nSPS) is 28.5. The summed E-state index contributed by atoms with van der Waals surface area (Å²) in [5.41, 5.74) is 1.47. The molecule has 2 aliphatic heterocycles. The molecule has 22 heavy (non-hydrogen) atoms. The van der Waals surface area contributed by atoms with E-state index in [-0.39, 0.29) is 0 Å². The lowest BCUT2D eigenvalue weighted by Gasteiger charge is -2.46. The molecule has 0 amide bonds. The van der Waals surface area contributed by atoms with Crippen LogP contribution in [0.4, 0.5) is 0 Å². The smallest absolute Gasteiger partial charge is 0.0353 e. The van der Waals surface area contributed by atoms with Crippen molar-refractivity contribution in [3.05, 3.63) is 50.9 Å². The fourth-order valence-corrected chi connectivity index (χ4v) is 5.78. The fourth-order valence-electron chi connectivity index (χ4n) is 4.18. The maximum absolute atomic E-state index is 2.66. The highest BCUT2D eigenvalue weighted by molar-refractivity contribution is 7.13. The third kappa shape index (κ3) is 2.82. The van der Waals surface area contributed by atoms with Gasteiger partial charge in [-0.05, 0) is 61.5 Å². The molecule has 2 aromatic rings. The van der Waals surface area contributed by atoms with Gasteiger partial charge in [-0.25, -0.2) is 0 Å². The van der Waals surface area contributed by atoms with Crippen LogP contribution in [0.25, 0.3) is 5.57 Å². The summed E-state index contributed by atoms with van der Waals surface area (Å²) in [6.45, 7) is 0. The molecule has 0 saturated carbocycles. The van der Waals surface area contributed by atoms with Gasteiger partial charge in [0.05, 0.1) is 0 Å². The minimum absolute atomic E-state index is 0.741. The van der Waals surface area contributed by atoms with Crippen molar-refractivity contribution in [1.29, 1.82) is 0 Å². The molecule has 116 valence electrons. The Kier molecular flexibility index (Phi) is 4.21. The number of nitrogens with zero attached hydrogens (tertiary/aromatic N) is 1. The van der Waals surface area contributed by atoms with E-state index in [0.717, 1.165) is 18.0 Å². The third-order valence-corrected chi connectivity index (χ3v) is 7.16. The van der Waals surface area contributed by atoms with E-state index in [2.05, 4.69) is 53.0 Å². The topological polar surface area (TPSA) is 3.24 Å². The van der Waals surface area contributed by atoms with Gasteiger partial charge < -0.3 is 4.90 Å². The molecule has 3 atom stereocenters. The van der Waals surface area contributed by atoms with Gasteiger partial charge in [0.15, 0.2) is 0 Å². The first kappa shape index (κ1) is 14.7. The molecular formula is C19H23NS2. The average molecular weight is 330 g/mol. The summed E-state index contributed by atoms with van der Waals surface area (Å²) in [6.07, 6.45) is 9.49. The Morgan fingerprint density at radius 1 is 1.05 bits per heavy atom. The lowest BCUT2D eigenvalue weighted by atomic mass is 9.78. The zero-order valence-electron chi connectivity index (χ0n) is 13.1. The summed E-state index contributed by atoms with van der Waals surface area (Å²) in [6, 6.07) is 10.5. The molecule has 4 rings (SSSR count). The Morgan fingerprint density at radius 3 is 2.14 bits per heavy atom. The maximum atomic E-state index is 2.66. The van der Waals surface area contributed by atoms with Gasteiger partial charge in [0, 0.05) is 27.4 Å². The molecule has 1 nitrogen and oxygen atoms in total. The standard InChI is InChI=1S/C19H23NS2/c1-20-15-5-2-6-16(20)12-14(11-15)13-17(18-7-3-9-21-18)19-8-4-10-22-19/h3-4,7-10,13-16H,2,5-6,11-12H2,1H3/t14-,15+,16-. The Balaban J connectivity index is 1.64. The minimum Gasteiger partial charge on any atom is -0.300 e. The summed E-state index contributed by atoms with van der Waals surface area (Å²) in [5.74, 6) is 0.741. The van der Waals surface area contributed by atoms with Crippen molar-refractivity contribution < 1.29 is 0 Å². The van der Waals surface area contributed by atoms with Gasteiger partial charge >= 0.3 is 0 Å². The molecule has 0 spiro atoms. The van der Waals surface area contributed by atoms with E-state index in [0.29, 0.717) is 0 Å². The molecule has 0 unspecified atom stereocenters. The number of thiophene rings is 2. The van der Waals surface area contributed by atoms with Gasteiger partial charge in [-0.3, -0.25) is 0 Å². The Hall–Kier alpha value is -0.900. The van der Waals surface area contributed by atoms with E-state index in [1.807, 2.05) is 22.7 Å². The summed E-state index contributed by atoms with van der Waals surface area (Å²) in [5, 5.41) is 4.39. The monoisotopic (exact) mass is 329 g/mol. The van der Waals surface area contributed by atoms with Crippen LogP contribution in [0.2, 0.25) is 0 Å². The number of fused-ring (bicyclic) bond motifs is 2. The second-order valence-corrected chi connectivity index (χ2v) is 8.57. The van der Waals surface area contributed by atoms with Crippen LogP contribution in [0.3, 0.4) is 0 Å². The lowest BCUT2D eigenvalue weighted by molar-refractivity contribution is 0.0486. The zero-order chi connectivity index (χ0) is 14.9. The van der Waals surface area contributed by atoms with Gasteiger partial charge in [0.1, 0.15) is 0 Å². The number of piperidine rings is 2. The van der Waals surface area contributed by atoms with E-state index in [1.54, 1.807) is 0 Å². The predicted molar refractivity (Wildman–Crippen MR) is 97.6 cm³/mol. The van der Waals surface area contributed by atoms with Gasteiger partial charge in [-0.1, -0.05) is 24.6 Å². The summed E-state index contributed by atoms with van der Waals surface area (Å²) in [4.78, 5) is 5.50. The van der Waals surface area contributed by atoms with Crippen LogP contribution in [0.1, 0.15) is 41.9 Å². The summed E-state index contributed by atoms with van der Waals surface area (Å²) >= 11 is 3.74. The van der Waals surface area contributed by atoms with E-state index in [4.69, 9.17) is 0 Å². The first-order valence-electron chi connectivity index (χ1n) is 8.33. The highest BCUT2D eigenvalue weighted by Gasteiger charge is 2.35. The molecule has 2 fully saturated rings. The molecule has 0 aliphatic carbocycles. The highest BCUT2D eigenvalue weighted by atomic mass is 32.1. The van der Waals surface area contributed by atoms with E-state index >= 15 is 0 Å². The van der Waals surface area contributed by atoms with Crippen molar-refractivity contribution in [2.75, 3.05) is 7.05 Å². The third-order valence-electron chi connectivity index (χ3n) is 5.35. The molecule has 3 heteroatoms. The SMILES string of the molecule is CN1[C@@H]2CCC[C@H]1C[C@@H](C=C(c1cccs1)c1cccs1)C2. The fraction of sp³-hybridized carbons (Fsp3) is 0.474. The van der Waals surface area contributed by atoms with Crippen LogP contribution in [0.5, 0.6) is 0 Å². The highest BCUT2D eigenvalue weighted by Crippen LogP contribution is 2.39. The second-order valence-electron chi connectivity index (χ2n) is 6.67. The predicted octanol–water partition coefficient (Wildman–Crippen LogP) is 5.50. The lowest BCUT2D eigenvalue weighted by Crippen LogP contribution is -2.49. The summed E-state index contributed by atoms with van der Waals surface area (Å²) < 4.78 is 0. The van der Waals surface area contributed by atoms with Gasteiger partial charge in [0.2, 0.25) is 0 Å². The molecule has 2 aromatic heterocycles. The Morgan fingerprint density at radius 2 is 1.64 bits per heavy atom. The maximum Gasteiger partial charge on any atom is 0.0353 e. The number of hydrogen-bond acceptors (Lipinski definition) is 3. The van der Waals surface area contributed by atoms with Crippen LogP contribution in [0.15, 0.2) is 41.1 Å². The molecule has 4 heterocycles. The van der Waals surface area contributed by atoms with Crippen molar-refractivity contribution in [3.8, 4) is 0 Å². The number of rotatable bonds is 3. The van der Waals surface area contributed by atoms with Crippen molar-refractivity contribution in [2.45, 2.75) is 44.2 Å². The molecule has 2 bridgehead atoms. The molecular weight excluding hydrogens is 306 g/mol. The first-order valence-corrected chi connectivity index (χ1v) is 10.1. The molecule has 0 aromatic carbocycles.